The van der Waals surface area contributed by atoms with Crippen LogP contribution in [0.1, 0.15) is 22.7 Å². The van der Waals surface area contributed by atoms with Crippen LogP contribution in [0.4, 0.5) is 4.39 Å². The first-order chi connectivity index (χ1) is 12.4. The molecule has 1 atom stereocenters. The number of carbonyl (C=O) groups excluding carboxylic acids is 2. The summed E-state index contributed by atoms with van der Waals surface area (Å²) >= 11 is 0. The van der Waals surface area contributed by atoms with E-state index in [4.69, 9.17) is 0 Å². The van der Waals surface area contributed by atoms with E-state index < -0.39 is 23.5 Å². The number of halogens is 1. The van der Waals surface area contributed by atoms with Crippen LogP contribution in [0.15, 0.2) is 66.8 Å². The van der Waals surface area contributed by atoms with Crippen molar-refractivity contribution in [3.05, 3.63) is 89.3 Å². The fourth-order valence-electron chi connectivity index (χ4n) is 3.07. The smallest absolute Gasteiger partial charge is 0.295 e. The molecule has 1 fully saturated rings. The molecule has 0 unspecified atom stereocenters. The van der Waals surface area contributed by atoms with E-state index in [9.17, 15) is 19.1 Å². The quantitative estimate of drug-likeness (QED) is 0.395. The van der Waals surface area contributed by atoms with E-state index in [-0.39, 0.29) is 17.9 Å². The lowest BCUT2D eigenvalue weighted by atomic mass is 9.95. The highest BCUT2D eigenvalue weighted by Gasteiger charge is 2.45. The number of rotatable bonds is 4. The van der Waals surface area contributed by atoms with Gasteiger partial charge in [-0.1, -0.05) is 48.0 Å². The predicted octanol–water partition coefficient (Wildman–Crippen LogP) is 3.74. The van der Waals surface area contributed by atoms with Crippen molar-refractivity contribution in [1.29, 1.82) is 0 Å². The van der Waals surface area contributed by atoms with Gasteiger partial charge >= 0.3 is 0 Å². The number of aryl methyl sites for hydroxylation is 1. The molecule has 1 amide bonds. The molecule has 1 aliphatic heterocycles. The second-order valence-electron chi connectivity index (χ2n) is 6.16. The Bertz CT molecular complexity index is 898. The Morgan fingerprint density at radius 2 is 1.77 bits per heavy atom. The van der Waals surface area contributed by atoms with Crippen LogP contribution in [-0.4, -0.2) is 28.2 Å². The molecule has 0 radical (unpaired) electrons. The molecule has 1 saturated heterocycles. The minimum atomic E-state index is -0.796. The van der Waals surface area contributed by atoms with Crippen molar-refractivity contribution in [3.8, 4) is 0 Å². The molecule has 0 spiro atoms. The van der Waals surface area contributed by atoms with Gasteiger partial charge in [-0.15, -0.1) is 6.58 Å². The molecule has 132 valence electrons. The van der Waals surface area contributed by atoms with E-state index in [1.165, 1.54) is 35.2 Å². The van der Waals surface area contributed by atoms with Crippen molar-refractivity contribution in [2.45, 2.75) is 13.0 Å². The van der Waals surface area contributed by atoms with Crippen LogP contribution in [0.5, 0.6) is 0 Å². The summed E-state index contributed by atoms with van der Waals surface area (Å²) in [6, 6.07) is 11.7. The number of hydrogen-bond acceptors (Lipinski definition) is 3. The Balaban J connectivity index is 2.18. The molecule has 0 aliphatic carbocycles. The summed E-state index contributed by atoms with van der Waals surface area (Å²) in [6.45, 7) is 5.66. The highest BCUT2D eigenvalue weighted by molar-refractivity contribution is 6.46. The van der Waals surface area contributed by atoms with Crippen molar-refractivity contribution in [2.75, 3.05) is 6.54 Å². The summed E-state index contributed by atoms with van der Waals surface area (Å²) in [5.41, 5.74) is 1.98. The lowest BCUT2D eigenvalue weighted by Gasteiger charge is -2.24. The van der Waals surface area contributed by atoms with Gasteiger partial charge in [-0.2, -0.15) is 0 Å². The lowest BCUT2D eigenvalue weighted by molar-refractivity contribution is -0.139. The van der Waals surface area contributed by atoms with Gasteiger partial charge in [0.1, 0.15) is 11.6 Å². The molecule has 26 heavy (non-hydrogen) atoms. The molecule has 4 nitrogen and oxygen atoms in total. The number of aliphatic hydroxyl groups is 1. The minimum Gasteiger partial charge on any atom is -0.507 e. The number of likely N-dealkylation sites (tertiary alicyclic amines) is 1. The van der Waals surface area contributed by atoms with Crippen molar-refractivity contribution >= 4 is 17.4 Å². The van der Waals surface area contributed by atoms with Crippen LogP contribution in [-0.2, 0) is 9.59 Å². The number of carbonyl (C=O) groups is 2. The SMILES string of the molecule is C=CCN1C(=O)C(=O)C(=C(O)c2ccc(C)cc2)[C@H]1c1ccc(F)cc1. The molecule has 0 aromatic heterocycles. The van der Waals surface area contributed by atoms with E-state index in [0.717, 1.165) is 5.56 Å². The van der Waals surface area contributed by atoms with E-state index in [1.54, 1.807) is 12.1 Å². The van der Waals surface area contributed by atoms with Gasteiger partial charge in [0.25, 0.3) is 11.7 Å². The monoisotopic (exact) mass is 351 g/mol. The molecular formula is C21H18FNO3. The summed E-state index contributed by atoms with van der Waals surface area (Å²) in [7, 11) is 0. The Hall–Kier alpha value is -3.21. The first-order valence-electron chi connectivity index (χ1n) is 8.16. The molecule has 1 heterocycles. The molecule has 1 N–H and O–H groups in total. The molecule has 0 saturated carbocycles. The molecule has 2 aromatic carbocycles. The normalized spacial score (nSPS) is 19.0. The van der Waals surface area contributed by atoms with E-state index in [2.05, 4.69) is 6.58 Å². The second kappa shape index (κ2) is 6.96. The van der Waals surface area contributed by atoms with Gasteiger partial charge in [-0.05, 0) is 24.6 Å². The van der Waals surface area contributed by atoms with Crippen LogP contribution < -0.4 is 0 Å². The molecule has 1 aliphatic rings. The first kappa shape index (κ1) is 17.6. The fourth-order valence-corrected chi connectivity index (χ4v) is 3.07. The lowest BCUT2D eigenvalue weighted by Crippen LogP contribution is -2.29. The molecule has 3 rings (SSSR count). The zero-order chi connectivity index (χ0) is 18.8. The van der Waals surface area contributed by atoms with Crippen LogP contribution in [0.2, 0.25) is 0 Å². The number of ketones is 1. The maximum absolute atomic E-state index is 13.3. The van der Waals surface area contributed by atoms with Crippen molar-refractivity contribution < 1.29 is 19.1 Å². The number of benzene rings is 2. The number of aliphatic hydroxyl groups excluding tert-OH is 1. The summed E-state index contributed by atoms with van der Waals surface area (Å²) in [5.74, 6) is -2.15. The summed E-state index contributed by atoms with van der Waals surface area (Å²) in [4.78, 5) is 26.4. The predicted molar refractivity (Wildman–Crippen MR) is 96.8 cm³/mol. The van der Waals surface area contributed by atoms with Crippen molar-refractivity contribution in [2.24, 2.45) is 0 Å². The Morgan fingerprint density at radius 3 is 2.35 bits per heavy atom. The highest BCUT2D eigenvalue weighted by atomic mass is 19.1. The topological polar surface area (TPSA) is 57.6 Å². The first-order valence-corrected chi connectivity index (χ1v) is 8.16. The van der Waals surface area contributed by atoms with E-state index in [1.807, 2.05) is 19.1 Å². The van der Waals surface area contributed by atoms with Crippen molar-refractivity contribution in [3.63, 3.8) is 0 Å². The van der Waals surface area contributed by atoms with Crippen LogP contribution in [0, 0.1) is 12.7 Å². The summed E-state index contributed by atoms with van der Waals surface area (Å²) < 4.78 is 13.3. The molecular weight excluding hydrogens is 333 g/mol. The number of Topliss-reactive ketones (excluding diaryl/α,β-unsaturated/α-hetero) is 1. The third-order valence-corrected chi connectivity index (χ3v) is 4.38. The van der Waals surface area contributed by atoms with Crippen molar-refractivity contribution in [1.82, 2.24) is 4.90 Å². The third-order valence-electron chi connectivity index (χ3n) is 4.38. The van der Waals surface area contributed by atoms with E-state index in [0.29, 0.717) is 11.1 Å². The molecule has 0 bridgehead atoms. The fraction of sp³-hybridized carbons (Fsp3) is 0.143. The zero-order valence-corrected chi connectivity index (χ0v) is 14.3. The number of amides is 1. The average molecular weight is 351 g/mol. The van der Waals surface area contributed by atoms with E-state index >= 15 is 0 Å². The van der Waals surface area contributed by atoms with Gasteiger partial charge in [0.2, 0.25) is 0 Å². The summed E-state index contributed by atoms with van der Waals surface area (Å²) in [6.07, 6.45) is 1.51. The highest BCUT2D eigenvalue weighted by Crippen LogP contribution is 2.39. The Kier molecular flexibility index (Phi) is 4.71. The molecule has 2 aromatic rings. The minimum absolute atomic E-state index is 0.00712. The summed E-state index contributed by atoms with van der Waals surface area (Å²) in [5, 5.41) is 10.8. The largest absolute Gasteiger partial charge is 0.507 e. The van der Waals surface area contributed by atoms with Gasteiger partial charge in [0, 0.05) is 12.1 Å². The van der Waals surface area contributed by atoms with Gasteiger partial charge in [-0.3, -0.25) is 9.59 Å². The standard InChI is InChI=1S/C21H18FNO3/c1-3-12-23-18(14-8-10-16(22)11-9-14)17(20(25)21(23)26)19(24)15-6-4-13(2)5-7-15/h3-11,18,24H,1,12H2,2H3/t18-/m1/s1. The Labute approximate surface area is 150 Å². The number of hydrogen-bond donors (Lipinski definition) is 1. The Morgan fingerprint density at radius 1 is 1.15 bits per heavy atom. The van der Waals surface area contributed by atoms with Gasteiger partial charge in [0.15, 0.2) is 0 Å². The zero-order valence-electron chi connectivity index (χ0n) is 14.3. The van der Waals surface area contributed by atoms with Gasteiger partial charge in [0.05, 0.1) is 11.6 Å². The third kappa shape index (κ3) is 3.04. The average Bonchev–Trinajstić information content (AvgIpc) is 2.88. The van der Waals surface area contributed by atoms with Crippen LogP contribution >= 0.6 is 0 Å². The molecule has 5 heteroatoms. The number of nitrogens with zero attached hydrogens (tertiary/aromatic N) is 1. The van der Waals surface area contributed by atoms with Crippen LogP contribution in [0.25, 0.3) is 5.76 Å². The van der Waals surface area contributed by atoms with Gasteiger partial charge < -0.3 is 10.0 Å². The van der Waals surface area contributed by atoms with Crippen LogP contribution in [0.3, 0.4) is 0 Å². The van der Waals surface area contributed by atoms with Gasteiger partial charge in [-0.25, -0.2) is 4.39 Å². The second-order valence-corrected chi connectivity index (χ2v) is 6.16. The maximum atomic E-state index is 13.3. The maximum Gasteiger partial charge on any atom is 0.295 e.